The van der Waals surface area contributed by atoms with Gasteiger partial charge in [0.05, 0.1) is 17.5 Å². The Labute approximate surface area is 125 Å². The highest BCUT2D eigenvalue weighted by molar-refractivity contribution is 7.12. The van der Waals surface area contributed by atoms with E-state index in [1.165, 1.54) is 11.3 Å². The lowest BCUT2D eigenvalue weighted by atomic mass is 10.2. The molecule has 0 aliphatic carbocycles. The molecule has 2 atom stereocenters. The molecule has 2 aromatic heterocycles. The summed E-state index contributed by atoms with van der Waals surface area (Å²) in [4.78, 5) is 14.3. The smallest absolute Gasteiger partial charge is 0.318 e. The van der Waals surface area contributed by atoms with Crippen LogP contribution in [0.15, 0.2) is 21.9 Å². The predicted octanol–water partition coefficient (Wildman–Crippen LogP) is 1.79. The maximum absolute atomic E-state index is 13.7. The minimum atomic E-state index is -0.958. The molecule has 0 bridgehead atoms. The van der Waals surface area contributed by atoms with Gasteiger partial charge in [-0.2, -0.15) is 0 Å². The van der Waals surface area contributed by atoms with E-state index in [4.69, 9.17) is 4.42 Å². The number of amides is 1. The fraction of sp³-hybridized carbons (Fsp3) is 0.462. The monoisotopic (exact) mass is 310 g/mol. The van der Waals surface area contributed by atoms with Crippen LogP contribution in [-0.2, 0) is 0 Å². The normalized spacial score (nSPS) is 21.7. The van der Waals surface area contributed by atoms with E-state index in [0.29, 0.717) is 29.7 Å². The molecule has 1 saturated heterocycles. The number of rotatable bonds is 4. The summed E-state index contributed by atoms with van der Waals surface area (Å²) in [7, 11) is 0. The molecule has 3 rings (SSSR count). The predicted molar refractivity (Wildman–Crippen MR) is 76.3 cm³/mol. The largest absolute Gasteiger partial charge is 0.408 e. The second-order valence-electron chi connectivity index (χ2n) is 4.93. The first-order chi connectivity index (χ1) is 10.1. The van der Waals surface area contributed by atoms with E-state index in [1.54, 1.807) is 17.9 Å². The molecule has 0 aromatic carbocycles. The van der Waals surface area contributed by atoms with E-state index in [0.717, 1.165) is 0 Å². The van der Waals surface area contributed by atoms with E-state index in [1.807, 2.05) is 11.4 Å². The summed E-state index contributed by atoms with van der Waals surface area (Å²) in [6.45, 7) is 2.24. The van der Waals surface area contributed by atoms with Crippen molar-refractivity contribution in [2.45, 2.75) is 25.6 Å². The number of hydrogen-bond acceptors (Lipinski definition) is 6. The third-order valence-electron chi connectivity index (χ3n) is 3.37. The first-order valence-electron chi connectivity index (χ1n) is 6.66. The lowest BCUT2D eigenvalue weighted by Gasteiger charge is -2.21. The van der Waals surface area contributed by atoms with Crippen LogP contribution in [0.4, 0.5) is 10.4 Å². The number of alkyl halides is 1. The van der Waals surface area contributed by atoms with Crippen molar-refractivity contribution < 1.29 is 13.6 Å². The molecule has 0 saturated carbocycles. The van der Waals surface area contributed by atoms with Crippen LogP contribution in [0.2, 0.25) is 0 Å². The zero-order valence-corrected chi connectivity index (χ0v) is 12.3. The lowest BCUT2D eigenvalue weighted by molar-refractivity contribution is 0.0954. The van der Waals surface area contributed by atoms with Crippen molar-refractivity contribution in [3.8, 4) is 0 Å². The van der Waals surface area contributed by atoms with Crippen molar-refractivity contribution in [3.63, 3.8) is 0 Å². The fourth-order valence-corrected chi connectivity index (χ4v) is 3.03. The molecule has 8 heteroatoms. The molecular weight excluding hydrogens is 295 g/mol. The zero-order chi connectivity index (χ0) is 14.8. The Morgan fingerprint density at radius 3 is 3.14 bits per heavy atom. The SMILES string of the molecule is Cc1nnc(N2C[C@@H](F)C[C@H]2CNC(=O)c2cccs2)o1. The molecular formula is C13H15FN4O2S. The highest BCUT2D eigenvalue weighted by Crippen LogP contribution is 2.26. The van der Waals surface area contributed by atoms with Gasteiger partial charge in [-0.25, -0.2) is 4.39 Å². The molecule has 21 heavy (non-hydrogen) atoms. The van der Waals surface area contributed by atoms with Crippen molar-refractivity contribution in [2.24, 2.45) is 0 Å². The highest BCUT2D eigenvalue weighted by atomic mass is 32.1. The summed E-state index contributed by atoms with van der Waals surface area (Å²) in [5, 5.41) is 12.4. The molecule has 112 valence electrons. The number of nitrogens with zero attached hydrogens (tertiary/aromatic N) is 3. The molecule has 0 radical (unpaired) electrons. The Kier molecular flexibility index (Phi) is 3.87. The quantitative estimate of drug-likeness (QED) is 0.932. The van der Waals surface area contributed by atoms with E-state index < -0.39 is 6.17 Å². The van der Waals surface area contributed by atoms with Crippen molar-refractivity contribution in [3.05, 3.63) is 28.3 Å². The molecule has 1 N–H and O–H groups in total. The van der Waals surface area contributed by atoms with Gasteiger partial charge in [0.2, 0.25) is 5.89 Å². The number of hydrogen-bond donors (Lipinski definition) is 1. The maximum Gasteiger partial charge on any atom is 0.318 e. The third kappa shape index (κ3) is 3.05. The van der Waals surface area contributed by atoms with Crippen molar-refractivity contribution in [1.82, 2.24) is 15.5 Å². The van der Waals surface area contributed by atoms with Gasteiger partial charge in [0.25, 0.3) is 5.91 Å². The van der Waals surface area contributed by atoms with Gasteiger partial charge in [0.1, 0.15) is 6.17 Å². The van der Waals surface area contributed by atoms with Crippen LogP contribution >= 0.6 is 11.3 Å². The van der Waals surface area contributed by atoms with Gasteiger partial charge in [0, 0.05) is 19.9 Å². The fourth-order valence-electron chi connectivity index (χ4n) is 2.39. The zero-order valence-electron chi connectivity index (χ0n) is 11.5. The van der Waals surface area contributed by atoms with E-state index >= 15 is 0 Å². The number of carbonyl (C=O) groups is 1. The molecule has 1 amide bonds. The minimum Gasteiger partial charge on any atom is -0.408 e. The molecule has 0 spiro atoms. The van der Waals surface area contributed by atoms with Gasteiger partial charge in [-0.15, -0.1) is 16.4 Å². The van der Waals surface area contributed by atoms with Crippen molar-refractivity contribution in [2.75, 3.05) is 18.0 Å². The molecule has 1 fully saturated rings. The van der Waals surface area contributed by atoms with Gasteiger partial charge < -0.3 is 14.6 Å². The molecule has 6 nitrogen and oxygen atoms in total. The van der Waals surface area contributed by atoms with Gasteiger partial charge in [0.15, 0.2) is 0 Å². The first kappa shape index (κ1) is 14.0. The second-order valence-corrected chi connectivity index (χ2v) is 5.88. The van der Waals surface area contributed by atoms with Crippen molar-refractivity contribution >= 4 is 23.3 Å². The average Bonchev–Trinajstić information content (AvgIpc) is 3.16. The highest BCUT2D eigenvalue weighted by Gasteiger charge is 2.35. The van der Waals surface area contributed by atoms with E-state index in [9.17, 15) is 9.18 Å². The van der Waals surface area contributed by atoms with Crippen LogP contribution in [0.5, 0.6) is 0 Å². The summed E-state index contributed by atoms with van der Waals surface area (Å²) < 4.78 is 19.0. The van der Waals surface area contributed by atoms with Gasteiger partial charge >= 0.3 is 6.01 Å². The lowest BCUT2D eigenvalue weighted by Crippen LogP contribution is -2.40. The number of halogens is 1. The first-order valence-corrected chi connectivity index (χ1v) is 7.54. The summed E-state index contributed by atoms with van der Waals surface area (Å²) in [6, 6.07) is 3.71. The molecule has 1 aliphatic heterocycles. The van der Waals surface area contributed by atoms with Gasteiger partial charge in [-0.1, -0.05) is 11.2 Å². The topological polar surface area (TPSA) is 71.3 Å². The summed E-state index contributed by atoms with van der Waals surface area (Å²) in [5.41, 5.74) is 0. The Balaban J connectivity index is 1.64. The number of thiophene rings is 1. The maximum atomic E-state index is 13.7. The minimum absolute atomic E-state index is 0.144. The van der Waals surface area contributed by atoms with Crippen LogP contribution < -0.4 is 10.2 Å². The standard InChI is InChI=1S/C13H15FN4O2S/c1-8-16-17-13(20-8)18-7-9(14)5-10(18)6-15-12(19)11-3-2-4-21-11/h2-4,9-10H,5-7H2,1H3,(H,15,19)/t9-,10-/m0/s1. The van der Waals surface area contributed by atoms with Gasteiger partial charge in [-0.3, -0.25) is 4.79 Å². The van der Waals surface area contributed by atoms with Crippen LogP contribution in [0.1, 0.15) is 22.0 Å². The Morgan fingerprint density at radius 1 is 1.62 bits per heavy atom. The van der Waals surface area contributed by atoms with Crippen molar-refractivity contribution in [1.29, 1.82) is 0 Å². The van der Waals surface area contributed by atoms with Crippen LogP contribution in [0, 0.1) is 6.92 Å². The van der Waals surface area contributed by atoms with Gasteiger partial charge in [-0.05, 0) is 11.4 Å². The van der Waals surface area contributed by atoms with E-state index in [2.05, 4.69) is 15.5 Å². The number of aromatic nitrogens is 2. The second kappa shape index (κ2) is 5.80. The molecule has 3 heterocycles. The number of aryl methyl sites for hydroxylation is 1. The molecule has 0 unspecified atom stereocenters. The summed E-state index contributed by atoms with van der Waals surface area (Å²) in [6.07, 6.45) is -0.618. The Bertz CT molecular complexity index is 615. The number of anilines is 1. The summed E-state index contributed by atoms with van der Waals surface area (Å²) in [5.74, 6) is 0.294. The third-order valence-corrected chi connectivity index (χ3v) is 4.24. The Hall–Kier alpha value is -1.96. The number of carbonyl (C=O) groups excluding carboxylic acids is 1. The van der Waals surface area contributed by atoms with Crippen LogP contribution in [0.3, 0.4) is 0 Å². The molecule has 1 aliphatic rings. The number of nitrogens with one attached hydrogen (secondary N) is 1. The van der Waals surface area contributed by atoms with Crippen LogP contribution in [0.25, 0.3) is 0 Å². The van der Waals surface area contributed by atoms with E-state index in [-0.39, 0.29) is 18.5 Å². The average molecular weight is 310 g/mol. The summed E-state index contributed by atoms with van der Waals surface area (Å²) >= 11 is 1.37. The van der Waals surface area contributed by atoms with Crippen LogP contribution in [-0.4, -0.2) is 41.4 Å². The Morgan fingerprint density at radius 2 is 2.48 bits per heavy atom. The molecule has 2 aromatic rings.